The smallest absolute Gasteiger partial charge is 0.199 e. The zero-order chi connectivity index (χ0) is 8.32. The highest BCUT2D eigenvalue weighted by Gasteiger charge is 2.31. The van der Waals surface area contributed by atoms with Crippen molar-refractivity contribution in [2.45, 2.75) is 12.0 Å². The second-order valence-electron chi connectivity index (χ2n) is 2.47. The molecule has 1 atom stereocenters. The van der Waals surface area contributed by atoms with Crippen molar-refractivity contribution < 1.29 is 14.3 Å². The van der Waals surface area contributed by atoms with Crippen molar-refractivity contribution in [2.24, 2.45) is 0 Å². The van der Waals surface area contributed by atoms with E-state index in [-0.39, 0.29) is 6.42 Å². The van der Waals surface area contributed by atoms with Crippen molar-refractivity contribution in [1.82, 2.24) is 0 Å². The molecule has 0 radical (unpaired) electrons. The Morgan fingerprint density at radius 1 is 1.64 bits per heavy atom. The largest absolute Gasteiger partial charge is 0.377 e. The molecule has 11 heavy (non-hydrogen) atoms. The first-order valence-electron chi connectivity index (χ1n) is 3.35. The van der Waals surface area contributed by atoms with E-state index in [1.807, 2.05) is 0 Å². The standard InChI is InChI=1S/C8H9FO2/c9-6-7(10)8(11)4-2-1-3-5-8/h1-4,11H,5-6H2/t8-/m0/s1. The van der Waals surface area contributed by atoms with Crippen LogP contribution in [0, 0.1) is 0 Å². The van der Waals surface area contributed by atoms with Gasteiger partial charge in [0.2, 0.25) is 0 Å². The number of alkyl halides is 1. The molecule has 0 heterocycles. The van der Waals surface area contributed by atoms with E-state index in [4.69, 9.17) is 0 Å². The molecule has 2 nitrogen and oxygen atoms in total. The Balaban J connectivity index is 2.75. The lowest BCUT2D eigenvalue weighted by Gasteiger charge is -2.21. The van der Waals surface area contributed by atoms with Crippen LogP contribution in [0.5, 0.6) is 0 Å². The second-order valence-corrected chi connectivity index (χ2v) is 2.47. The highest BCUT2D eigenvalue weighted by molar-refractivity contribution is 5.90. The maximum atomic E-state index is 11.8. The summed E-state index contributed by atoms with van der Waals surface area (Å²) in [6, 6.07) is 0. The Labute approximate surface area is 64.0 Å². The van der Waals surface area contributed by atoms with Gasteiger partial charge in [0.1, 0.15) is 5.60 Å². The normalized spacial score (nSPS) is 28.9. The zero-order valence-electron chi connectivity index (χ0n) is 5.96. The fraction of sp³-hybridized carbons (Fsp3) is 0.375. The molecule has 60 valence electrons. The molecule has 1 rings (SSSR count). The summed E-state index contributed by atoms with van der Waals surface area (Å²) < 4.78 is 11.8. The van der Waals surface area contributed by atoms with E-state index < -0.39 is 18.1 Å². The third kappa shape index (κ3) is 1.54. The van der Waals surface area contributed by atoms with E-state index in [0.29, 0.717) is 0 Å². The number of Topliss-reactive ketones (excluding diaryl/α,β-unsaturated/α-hetero) is 1. The summed E-state index contributed by atoms with van der Waals surface area (Å²) in [4.78, 5) is 10.8. The van der Waals surface area contributed by atoms with Gasteiger partial charge in [0, 0.05) is 6.42 Å². The number of hydrogen-bond donors (Lipinski definition) is 1. The summed E-state index contributed by atoms with van der Waals surface area (Å²) in [5, 5.41) is 9.41. The Morgan fingerprint density at radius 3 is 2.82 bits per heavy atom. The summed E-state index contributed by atoms with van der Waals surface area (Å²) in [5.41, 5.74) is -1.59. The fourth-order valence-corrected chi connectivity index (χ4v) is 0.932. The van der Waals surface area contributed by atoms with E-state index in [2.05, 4.69) is 0 Å². The summed E-state index contributed by atoms with van der Waals surface area (Å²) in [5.74, 6) is -0.780. The maximum Gasteiger partial charge on any atom is 0.199 e. The van der Waals surface area contributed by atoms with Gasteiger partial charge >= 0.3 is 0 Å². The Bertz CT molecular complexity index is 220. The van der Waals surface area contributed by atoms with Gasteiger partial charge in [0.05, 0.1) is 0 Å². The van der Waals surface area contributed by atoms with Crippen LogP contribution in [-0.4, -0.2) is 23.2 Å². The molecule has 1 N–H and O–H groups in total. The van der Waals surface area contributed by atoms with E-state index in [1.54, 1.807) is 12.2 Å². The van der Waals surface area contributed by atoms with Gasteiger partial charge in [-0.1, -0.05) is 18.2 Å². The molecule has 1 aliphatic rings. The molecule has 0 aromatic rings. The molecule has 0 aromatic carbocycles. The molecular formula is C8H9FO2. The molecule has 0 bridgehead atoms. The highest BCUT2D eigenvalue weighted by Crippen LogP contribution is 2.18. The van der Waals surface area contributed by atoms with Crippen molar-refractivity contribution in [3.63, 3.8) is 0 Å². The molecule has 0 aliphatic heterocycles. The SMILES string of the molecule is O=C(CF)[C@]1(O)C=CC=CC1. The number of ketones is 1. The fourth-order valence-electron chi connectivity index (χ4n) is 0.932. The van der Waals surface area contributed by atoms with Gasteiger partial charge in [-0.3, -0.25) is 4.79 Å². The van der Waals surface area contributed by atoms with E-state index in [9.17, 15) is 14.3 Å². The van der Waals surface area contributed by atoms with Crippen LogP contribution < -0.4 is 0 Å². The van der Waals surface area contributed by atoms with E-state index in [0.717, 1.165) is 0 Å². The Morgan fingerprint density at radius 2 is 2.36 bits per heavy atom. The first kappa shape index (κ1) is 8.14. The van der Waals surface area contributed by atoms with Crippen LogP contribution in [0.3, 0.4) is 0 Å². The van der Waals surface area contributed by atoms with Crippen molar-refractivity contribution in [3.8, 4) is 0 Å². The molecular weight excluding hydrogens is 147 g/mol. The van der Waals surface area contributed by atoms with Gasteiger partial charge in [0.25, 0.3) is 0 Å². The predicted molar refractivity (Wildman–Crippen MR) is 38.8 cm³/mol. The predicted octanol–water partition coefficient (Wildman–Crippen LogP) is 0.772. The van der Waals surface area contributed by atoms with E-state index >= 15 is 0 Å². The monoisotopic (exact) mass is 156 g/mol. The van der Waals surface area contributed by atoms with Crippen molar-refractivity contribution >= 4 is 5.78 Å². The summed E-state index contributed by atoms with van der Waals surface area (Å²) in [6.07, 6.45) is 6.37. The molecule has 0 spiro atoms. The van der Waals surface area contributed by atoms with Crippen LogP contribution in [0.15, 0.2) is 24.3 Å². The lowest BCUT2D eigenvalue weighted by atomic mass is 9.91. The van der Waals surface area contributed by atoms with Gasteiger partial charge in [-0.25, -0.2) is 4.39 Å². The quantitative estimate of drug-likeness (QED) is 0.641. The lowest BCUT2D eigenvalue weighted by Crippen LogP contribution is -2.37. The van der Waals surface area contributed by atoms with Crippen LogP contribution >= 0.6 is 0 Å². The molecule has 0 unspecified atom stereocenters. The number of halogens is 1. The third-order valence-electron chi connectivity index (χ3n) is 1.65. The number of aliphatic hydroxyl groups is 1. The molecule has 1 aliphatic carbocycles. The Kier molecular flexibility index (Phi) is 2.19. The molecule has 3 heteroatoms. The molecule has 0 fully saturated rings. The highest BCUT2D eigenvalue weighted by atomic mass is 19.1. The molecule has 0 saturated heterocycles. The van der Waals surface area contributed by atoms with Gasteiger partial charge in [0.15, 0.2) is 12.5 Å². The number of allylic oxidation sites excluding steroid dienone is 2. The number of hydrogen-bond acceptors (Lipinski definition) is 2. The van der Waals surface area contributed by atoms with Gasteiger partial charge in [-0.2, -0.15) is 0 Å². The first-order valence-corrected chi connectivity index (χ1v) is 3.35. The maximum absolute atomic E-state index is 11.8. The minimum Gasteiger partial charge on any atom is -0.377 e. The summed E-state index contributed by atoms with van der Waals surface area (Å²) >= 11 is 0. The first-order chi connectivity index (χ1) is 5.19. The second kappa shape index (κ2) is 2.96. The minimum atomic E-state index is -1.59. The van der Waals surface area contributed by atoms with Gasteiger partial charge < -0.3 is 5.11 Å². The van der Waals surface area contributed by atoms with Crippen LogP contribution in [0.1, 0.15) is 6.42 Å². The van der Waals surface area contributed by atoms with E-state index in [1.165, 1.54) is 12.2 Å². The van der Waals surface area contributed by atoms with Crippen molar-refractivity contribution in [3.05, 3.63) is 24.3 Å². The van der Waals surface area contributed by atoms with Gasteiger partial charge in [-0.15, -0.1) is 0 Å². The topological polar surface area (TPSA) is 37.3 Å². The molecule has 0 amide bonds. The third-order valence-corrected chi connectivity index (χ3v) is 1.65. The number of carbonyl (C=O) groups excluding carboxylic acids is 1. The van der Waals surface area contributed by atoms with Crippen LogP contribution in [0.25, 0.3) is 0 Å². The average molecular weight is 156 g/mol. The zero-order valence-corrected chi connectivity index (χ0v) is 5.96. The summed E-state index contributed by atoms with van der Waals surface area (Å²) in [7, 11) is 0. The molecule has 0 aromatic heterocycles. The number of carbonyl (C=O) groups is 1. The van der Waals surface area contributed by atoms with Crippen LogP contribution in [0.2, 0.25) is 0 Å². The summed E-state index contributed by atoms with van der Waals surface area (Å²) in [6.45, 7) is -1.12. The average Bonchev–Trinajstić information content (AvgIpc) is 2.04. The lowest BCUT2D eigenvalue weighted by molar-refractivity contribution is -0.133. The van der Waals surface area contributed by atoms with Crippen molar-refractivity contribution in [2.75, 3.05) is 6.67 Å². The molecule has 0 saturated carbocycles. The van der Waals surface area contributed by atoms with Crippen LogP contribution in [0.4, 0.5) is 4.39 Å². The minimum absolute atomic E-state index is 0.173. The Hall–Kier alpha value is -0.960. The van der Waals surface area contributed by atoms with Crippen LogP contribution in [-0.2, 0) is 4.79 Å². The van der Waals surface area contributed by atoms with Crippen molar-refractivity contribution in [1.29, 1.82) is 0 Å². The van der Waals surface area contributed by atoms with Gasteiger partial charge in [-0.05, 0) is 6.08 Å². The number of rotatable bonds is 2.